The number of carbonyl (C=O) groups excluding carboxylic acids is 6. The van der Waals surface area contributed by atoms with Gasteiger partial charge in [-0.1, -0.05) is 55.4 Å². The van der Waals surface area contributed by atoms with Gasteiger partial charge in [-0.05, 0) is 111 Å². The van der Waals surface area contributed by atoms with Gasteiger partial charge in [-0.25, -0.2) is 0 Å². The molecule has 1 saturated heterocycles. The summed E-state index contributed by atoms with van der Waals surface area (Å²) in [7, 11) is 0. The molecule has 4 saturated carbocycles. The van der Waals surface area contributed by atoms with Crippen LogP contribution in [0, 0.1) is 62.6 Å². The summed E-state index contributed by atoms with van der Waals surface area (Å²) in [4.78, 5) is 73.0. The molecule has 5 fully saturated rings. The van der Waals surface area contributed by atoms with Crippen LogP contribution in [-0.2, 0) is 57.2 Å². The number of halogens is 12. The zero-order valence-electron chi connectivity index (χ0n) is 44.7. The summed E-state index contributed by atoms with van der Waals surface area (Å²) in [6, 6.07) is 0. The lowest BCUT2D eigenvalue weighted by Crippen LogP contribution is -2.72. The van der Waals surface area contributed by atoms with Gasteiger partial charge < -0.3 is 28.4 Å². The lowest BCUT2D eigenvalue weighted by molar-refractivity contribution is -0.408. The molecular weight excluding hydrogens is 1020 g/mol. The SMILES string of the molecule is CCC(C)(C)C(=O)OC(C)(C)C(OC(=O)C(C)C)(C(F)(F)F)C(F)(F)F.CCC(C)(C)C(=O)OC1C2CC3C1OC(=O)C3C2C(=O)OC(C(F)(F)F)C(F)(F)F.CCC(C)(C)C(=O)OC1CC2(C)CCC1C2(C)C. The van der Waals surface area contributed by atoms with E-state index in [1.165, 1.54) is 33.6 Å². The van der Waals surface area contributed by atoms with E-state index in [4.69, 9.17) is 14.2 Å². The average molecular weight is 1090 g/mol. The summed E-state index contributed by atoms with van der Waals surface area (Å²) < 4.78 is 187. The highest BCUT2D eigenvalue weighted by Crippen LogP contribution is 2.66. The summed E-state index contributed by atoms with van der Waals surface area (Å²) in [6.45, 7) is 25.1. The maximum Gasteiger partial charge on any atom is 0.441 e. The lowest BCUT2D eigenvalue weighted by atomic mass is 9.71. The van der Waals surface area contributed by atoms with Crippen LogP contribution in [0.4, 0.5) is 52.7 Å². The lowest BCUT2D eigenvalue weighted by Gasteiger charge is -2.46. The Morgan fingerprint density at radius 3 is 1.49 bits per heavy atom. The molecule has 12 nitrogen and oxygen atoms in total. The van der Waals surface area contributed by atoms with Gasteiger partial charge in [0.05, 0.1) is 34.0 Å². The highest BCUT2D eigenvalue weighted by Gasteiger charge is 2.82. The Balaban J connectivity index is 0.000000302. The topological polar surface area (TPSA) is 158 Å². The Morgan fingerprint density at radius 2 is 1.11 bits per heavy atom. The molecule has 0 spiro atoms. The van der Waals surface area contributed by atoms with Gasteiger partial charge in [0, 0.05) is 17.8 Å². The predicted molar refractivity (Wildman–Crippen MR) is 238 cm³/mol. The van der Waals surface area contributed by atoms with Crippen molar-refractivity contribution < 1.29 is 110 Å². The molecule has 24 heteroatoms. The van der Waals surface area contributed by atoms with Gasteiger partial charge in [0.2, 0.25) is 0 Å². The summed E-state index contributed by atoms with van der Waals surface area (Å²) in [5, 5.41) is 0. The minimum Gasteiger partial charge on any atom is -0.462 e. The maximum atomic E-state index is 13.6. The number of hydrogen-bond acceptors (Lipinski definition) is 12. The van der Waals surface area contributed by atoms with E-state index >= 15 is 0 Å². The average Bonchev–Trinajstić information content (AvgIpc) is 3.96. The zero-order valence-corrected chi connectivity index (χ0v) is 44.7. The molecule has 0 radical (unpaired) electrons. The summed E-state index contributed by atoms with van der Waals surface area (Å²) in [5.74, 6) is -11.6. The Kier molecular flexibility index (Phi) is 18.3. The van der Waals surface area contributed by atoms with Crippen LogP contribution in [0.3, 0.4) is 0 Å². The number of alkyl halides is 12. The van der Waals surface area contributed by atoms with Crippen molar-refractivity contribution in [2.75, 3.05) is 0 Å². The van der Waals surface area contributed by atoms with E-state index in [9.17, 15) is 81.5 Å². The number of hydrogen-bond donors (Lipinski definition) is 0. The highest BCUT2D eigenvalue weighted by atomic mass is 19.4. The van der Waals surface area contributed by atoms with Crippen LogP contribution >= 0.6 is 0 Å². The van der Waals surface area contributed by atoms with Crippen LogP contribution in [0.25, 0.3) is 0 Å². The fraction of sp³-hybridized carbons (Fsp3) is 0.880. The molecule has 4 aliphatic carbocycles. The highest BCUT2D eigenvalue weighted by molar-refractivity contribution is 5.86. The summed E-state index contributed by atoms with van der Waals surface area (Å²) >= 11 is 0. The smallest absolute Gasteiger partial charge is 0.441 e. The van der Waals surface area contributed by atoms with Crippen LogP contribution in [0.5, 0.6) is 0 Å². The molecule has 5 aliphatic rings. The second-order valence-corrected chi connectivity index (χ2v) is 23.7. The monoisotopic (exact) mass is 1090 g/mol. The van der Waals surface area contributed by atoms with E-state index in [2.05, 4.69) is 35.0 Å². The minimum absolute atomic E-state index is 0.0121. The molecule has 4 bridgehead atoms. The third-order valence-corrected chi connectivity index (χ3v) is 16.8. The Hall–Kier alpha value is -4.02. The molecule has 74 heavy (non-hydrogen) atoms. The molecule has 428 valence electrons. The van der Waals surface area contributed by atoms with E-state index in [0.717, 1.165) is 26.7 Å². The molecule has 5 rings (SSSR count). The number of fused-ring (bicyclic) bond motifs is 3. The van der Waals surface area contributed by atoms with Crippen LogP contribution in [0.2, 0.25) is 0 Å². The molecule has 0 aromatic rings. The number of ether oxygens (including phenoxy) is 6. The third-order valence-electron chi connectivity index (χ3n) is 16.8. The normalized spacial score (nSPS) is 27.7. The molecule has 1 heterocycles. The third kappa shape index (κ3) is 12.2. The molecule has 0 aromatic heterocycles. The quantitative estimate of drug-likeness (QED) is 0.0922. The van der Waals surface area contributed by atoms with Crippen molar-refractivity contribution in [1.82, 2.24) is 0 Å². The van der Waals surface area contributed by atoms with E-state index in [-0.39, 0.29) is 30.3 Å². The van der Waals surface area contributed by atoms with Crippen molar-refractivity contribution in [3.8, 4) is 0 Å². The fourth-order valence-electron chi connectivity index (χ4n) is 10.1. The van der Waals surface area contributed by atoms with Gasteiger partial charge in [0.1, 0.15) is 18.3 Å². The fourth-order valence-corrected chi connectivity index (χ4v) is 10.1. The number of carbonyl (C=O) groups is 6. The maximum absolute atomic E-state index is 13.6. The van der Waals surface area contributed by atoms with Gasteiger partial charge in [-0.3, -0.25) is 28.8 Å². The standard InChI is InChI=1S/C18H20F6O6.C16H24F6O4.C16H28O2/c1-4-16(2,3)15(27)29-11-7-5-6-8(12(25)28-10(6)11)9(7)13(26)30-14(17(19,20)21)18(22,23)24;1-8-12(4,5)11(24)26-13(6,7)14(15(17,18)19,16(20,21)22)25-10(23)9(2)3;1-7-14(2,3)13(17)18-12-10-16(6)9-8-11(12)15(16,4)5/h6-11,14H,4-5H2,1-3H3;9H,8H2,1-7H3;11-12H,7-10H2,1-6H3. The van der Waals surface area contributed by atoms with E-state index in [0.29, 0.717) is 37.0 Å². The molecule has 9 unspecified atom stereocenters. The molecule has 0 amide bonds. The zero-order chi connectivity index (χ0) is 57.9. The first-order chi connectivity index (χ1) is 33.0. The number of rotatable bonds is 14. The van der Waals surface area contributed by atoms with E-state index in [1.54, 1.807) is 20.8 Å². The summed E-state index contributed by atoms with van der Waals surface area (Å²) in [6.07, 6.45) is -25.1. The van der Waals surface area contributed by atoms with Gasteiger partial charge in [-0.15, -0.1) is 0 Å². The first-order valence-corrected chi connectivity index (χ1v) is 24.6. The molecule has 0 N–H and O–H groups in total. The second kappa shape index (κ2) is 21.1. The Bertz CT molecular complexity index is 2060. The summed E-state index contributed by atoms with van der Waals surface area (Å²) in [5.41, 5.74) is -10.2. The minimum atomic E-state index is -6.09. The van der Waals surface area contributed by atoms with Crippen molar-refractivity contribution in [2.24, 2.45) is 62.6 Å². The van der Waals surface area contributed by atoms with Crippen LogP contribution in [0.1, 0.15) is 156 Å². The molecule has 0 aromatic carbocycles. The van der Waals surface area contributed by atoms with Crippen LogP contribution < -0.4 is 0 Å². The Labute approximate surface area is 423 Å². The van der Waals surface area contributed by atoms with Crippen LogP contribution in [0.15, 0.2) is 0 Å². The van der Waals surface area contributed by atoms with Crippen molar-refractivity contribution in [3.05, 3.63) is 0 Å². The van der Waals surface area contributed by atoms with Gasteiger partial charge >= 0.3 is 66.1 Å². The molecule has 1 aliphatic heterocycles. The van der Waals surface area contributed by atoms with Crippen molar-refractivity contribution in [1.29, 1.82) is 0 Å². The first kappa shape index (κ1) is 64.3. The van der Waals surface area contributed by atoms with E-state index in [1.807, 2.05) is 20.8 Å². The van der Waals surface area contributed by atoms with Crippen molar-refractivity contribution >= 4 is 35.8 Å². The van der Waals surface area contributed by atoms with Gasteiger partial charge in [0.15, 0.2) is 5.60 Å². The number of esters is 6. The molecule has 9 atom stereocenters. The first-order valence-electron chi connectivity index (χ1n) is 24.6. The van der Waals surface area contributed by atoms with Crippen molar-refractivity contribution in [3.63, 3.8) is 0 Å². The predicted octanol–water partition coefficient (Wildman–Crippen LogP) is 12.2. The molecular formula is C50H72F12O12. The Morgan fingerprint density at radius 1 is 0.662 bits per heavy atom. The van der Waals surface area contributed by atoms with E-state index < -0.39 is 124 Å². The van der Waals surface area contributed by atoms with Crippen molar-refractivity contribution in [2.45, 2.75) is 216 Å². The second-order valence-electron chi connectivity index (χ2n) is 23.7. The largest absolute Gasteiger partial charge is 0.462 e. The van der Waals surface area contributed by atoms with Gasteiger partial charge in [-0.2, -0.15) is 52.7 Å². The van der Waals surface area contributed by atoms with Crippen LogP contribution in [-0.4, -0.2) is 96.1 Å². The van der Waals surface area contributed by atoms with Gasteiger partial charge in [0.25, 0.3) is 6.10 Å².